The van der Waals surface area contributed by atoms with E-state index in [9.17, 15) is 23.1 Å². The maximum absolute atomic E-state index is 14.5. The fourth-order valence-corrected chi connectivity index (χ4v) is 3.03. The number of carbonyl (C=O) groups excluding carboxylic acids is 1. The lowest BCUT2D eigenvalue weighted by molar-refractivity contribution is 0.0195. The van der Waals surface area contributed by atoms with Crippen LogP contribution >= 0.6 is 0 Å². The smallest absolute Gasteiger partial charge is 0.274 e. The van der Waals surface area contributed by atoms with Crippen LogP contribution in [0.15, 0.2) is 6.07 Å². The number of fused-ring (bicyclic) bond motifs is 2. The quantitative estimate of drug-likeness (QED) is 0.912. The number of hydrogen-bond donors (Lipinski definition) is 1. The first-order chi connectivity index (χ1) is 11.3. The Kier molecular flexibility index (Phi) is 4.33. The van der Waals surface area contributed by atoms with Gasteiger partial charge in [-0.1, -0.05) is 0 Å². The minimum atomic E-state index is -2.83. The van der Waals surface area contributed by atoms with Gasteiger partial charge in [0.2, 0.25) is 0 Å². The Morgan fingerprint density at radius 3 is 2.83 bits per heavy atom. The van der Waals surface area contributed by atoms with Crippen molar-refractivity contribution in [3.05, 3.63) is 23.0 Å². The molecular weight excluding hydrogens is 327 g/mol. The summed E-state index contributed by atoms with van der Waals surface area (Å²) in [6.45, 7) is 2.78. The second kappa shape index (κ2) is 6.16. The number of nitrogens with zero attached hydrogens (tertiary/aromatic N) is 1. The average Bonchev–Trinajstić information content (AvgIpc) is 2.84. The molecule has 0 aliphatic carbocycles. The zero-order valence-electron chi connectivity index (χ0n) is 13.3. The van der Waals surface area contributed by atoms with Crippen molar-refractivity contribution in [1.82, 2.24) is 4.90 Å². The van der Waals surface area contributed by atoms with E-state index < -0.39 is 36.1 Å². The standard InChI is InChI=1S/C16H18F3NO4/c1-7-3-11-12(14(13(7)17)24-8(2)15(18)19)16(22)20-5-10(21)4-9(20)6-23-11/h3,8-10,15,21H,4-6H2,1-2H3/t8-,9-,10+/m1/s1. The summed E-state index contributed by atoms with van der Waals surface area (Å²) >= 11 is 0. The summed E-state index contributed by atoms with van der Waals surface area (Å²) in [4.78, 5) is 14.2. The lowest BCUT2D eigenvalue weighted by atomic mass is 10.1. The van der Waals surface area contributed by atoms with E-state index in [4.69, 9.17) is 9.47 Å². The van der Waals surface area contributed by atoms with Crippen LogP contribution in [-0.4, -0.2) is 53.7 Å². The fourth-order valence-electron chi connectivity index (χ4n) is 3.03. The summed E-state index contributed by atoms with van der Waals surface area (Å²) in [5, 5.41) is 9.75. The molecule has 0 saturated carbocycles. The number of halogens is 3. The van der Waals surface area contributed by atoms with Gasteiger partial charge < -0.3 is 19.5 Å². The molecule has 24 heavy (non-hydrogen) atoms. The molecule has 1 aromatic rings. The van der Waals surface area contributed by atoms with E-state index in [0.29, 0.717) is 6.42 Å². The van der Waals surface area contributed by atoms with Crippen LogP contribution in [-0.2, 0) is 0 Å². The molecule has 0 aromatic heterocycles. The zero-order chi connectivity index (χ0) is 17.6. The molecule has 3 rings (SSSR count). The van der Waals surface area contributed by atoms with Crippen molar-refractivity contribution < 1.29 is 32.5 Å². The number of ether oxygens (including phenoxy) is 2. The number of rotatable bonds is 3. The third-order valence-electron chi connectivity index (χ3n) is 4.32. The van der Waals surface area contributed by atoms with E-state index in [1.807, 2.05) is 0 Å². The third kappa shape index (κ3) is 2.79. The first-order valence-corrected chi connectivity index (χ1v) is 7.69. The molecule has 3 atom stereocenters. The summed E-state index contributed by atoms with van der Waals surface area (Å²) in [5.41, 5.74) is -0.0673. The summed E-state index contributed by atoms with van der Waals surface area (Å²) in [6, 6.07) is 1.02. The predicted octanol–water partition coefficient (Wildman–Crippen LogP) is 2.13. The molecule has 2 aliphatic heterocycles. The lowest BCUT2D eigenvalue weighted by Gasteiger charge is -2.22. The minimum absolute atomic E-state index is 0.0889. The molecule has 1 fully saturated rings. The topological polar surface area (TPSA) is 59.0 Å². The van der Waals surface area contributed by atoms with Crippen LogP contribution in [0.3, 0.4) is 0 Å². The van der Waals surface area contributed by atoms with Gasteiger partial charge in [-0.3, -0.25) is 4.79 Å². The van der Waals surface area contributed by atoms with E-state index in [0.717, 1.165) is 6.92 Å². The van der Waals surface area contributed by atoms with Crippen LogP contribution in [0.2, 0.25) is 0 Å². The summed E-state index contributed by atoms with van der Waals surface area (Å²) < 4.78 is 50.8. The van der Waals surface area contributed by atoms with E-state index in [1.54, 1.807) is 0 Å². The van der Waals surface area contributed by atoms with Gasteiger partial charge in [0.25, 0.3) is 12.3 Å². The second-order valence-corrected chi connectivity index (χ2v) is 6.18. The van der Waals surface area contributed by atoms with Crippen LogP contribution < -0.4 is 9.47 Å². The molecule has 0 radical (unpaired) electrons. The van der Waals surface area contributed by atoms with Gasteiger partial charge in [0.1, 0.15) is 17.9 Å². The number of aliphatic hydroxyl groups is 1. The first-order valence-electron chi connectivity index (χ1n) is 7.69. The monoisotopic (exact) mass is 345 g/mol. The molecule has 2 aliphatic rings. The van der Waals surface area contributed by atoms with Crippen LogP contribution in [0.4, 0.5) is 13.2 Å². The SMILES string of the molecule is Cc1cc2c(c(O[C@H](C)C(F)F)c1F)C(=O)N1C[C@@H](O)C[C@@H]1CO2. The first kappa shape index (κ1) is 16.9. The third-order valence-corrected chi connectivity index (χ3v) is 4.32. The average molecular weight is 345 g/mol. The molecule has 0 bridgehead atoms. The second-order valence-electron chi connectivity index (χ2n) is 6.18. The Morgan fingerprint density at radius 1 is 1.46 bits per heavy atom. The van der Waals surface area contributed by atoms with Gasteiger partial charge in [-0.2, -0.15) is 0 Å². The molecule has 5 nitrogen and oxygen atoms in total. The van der Waals surface area contributed by atoms with Crippen molar-refractivity contribution in [2.45, 2.75) is 44.9 Å². The minimum Gasteiger partial charge on any atom is -0.490 e. The van der Waals surface area contributed by atoms with Crippen molar-refractivity contribution in [3.8, 4) is 11.5 Å². The highest BCUT2D eigenvalue weighted by Crippen LogP contribution is 2.39. The number of carbonyl (C=O) groups is 1. The van der Waals surface area contributed by atoms with Gasteiger partial charge in [0.15, 0.2) is 17.7 Å². The summed E-state index contributed by atoms with van der Waals surface area (Å²) in [7, 11) is 0. The largest absolute Gasteiger partial charge is 0.490 e. The van der Waals surface area contributed by atoms with E-state index in [-0.39, 0.29) is 36.1 Å². The molecule has 0 unspecified atom stereocenters. The number of aryl methyl sites for hydroxylation is 1. The number of benzene rings is 1. The maximum Gasteiger partial charge on any atom is 0.274 e. The number of hydrogen-bond acceptors (Lipinski definition) is 4. The summed E-state index contributed by atoms with van der Waals surface area (Å²) in [6.07, 6.45) is -4.75. The molecule has 1 aromatic carbocycles. The Labute approximate surface area is 137 Å². The van der Waals surface area contributed by atoms with Crippen LogP contribution in [0.1, 0.15) is 29.3 Å². The Balaban J connectivity index is 2.08. The van der Waals surface area contributed by atoms with E-state index in [1.165, 1.54) is 17.9 Å². The molecule has 1 N–H and O–H groups in total. The maximum atomic E-state index is 14.5. The molecular formula is C16H18F3NO4. The van der Waals surface area contributed by atoms with Crippen molar-refractivity contribution in [1.29, 1.82) is 0 Å². The lowest BCUT2D eigenvalue weighted by Crippen LogP contribution is -2.37. The van der Waals surface area contributed by atoms with Crippen molar-refractivity contribution in [2.75, 3.05) is 13.2 Å². The van der Waals surface area contributed by atoms with Gasteiger partial charge in [0.05, 0.1) is 12.1 Å². The number of amides is 1. The highest BCUT2D eigenvalue weighted by molar-refractivity contribution is 6.00. The van der Waals surface area contributed by atoms with Crippen LogP contribution in [0, 0.1) is 12.7 Å². The molecule has 1 amide bonds. The highest BCUT2D eigenvalue weighted by Gasteiger charge is 2.41. The molecule has 0 spiro atoms. The Bertz CT molecular complexity index is 667. The van der Waals surface area contributed by atoms with Gasteiger partial charge in [-0.25, -0.2) is 13.2 Å². The zero-order valence-corrected chi connectivity index (χ0v) is 13.3. The molecule has 2 heterocycles. The molecule has 8 heteroatoms. The van der Waals surface area contributed by atoms with Gasteiger partial charge >= 0.3 is 0 Å². The van der Waals surface area contributed by atoms with Crippen molar-refractivity contribution >= 4 is 5.91 Å². The van der Waals surface area contributed by atoms with E-state index >= 15 is 0 Å². The summed E-state index contributed by atoms with van der Waals surface area (Å²) in [5.74, 6) is -1.86. The number of alkyl halides is 2. The number of aliphatic hydroxyl groups excluding tert-OH is 1. The highest BCUT2D eigenvalue weighted by atomic mass is 19.3. The van der Waals surface area contributed by atoms with Crippen molar-refractivity contribution in [3.63, 3.8) is 0 Å². The Hall–Kier alpha value is -1.96. The van der Waals surface area contributed by atoms with Gasteiger partial charge in [-0.05, 0) is 31.9 Å². The predicted molar refractivity (Wildman–Crippen MR) is 78.2 cm³/mol. The van der Waals surface area contributed by atoms with Gasteiger partial charge in [-0.15, -0.1) is 0 Å². The Morgan fingerprint density at radius 2 is 2.17 bits per heavy atom. The normalized spacial score (nSPS) is 24.3. The van der Waals surface area contributed by atoms with Crippen LogP contribution in [0.5, 0.6) is 11.5 Å². The van der Waals surface area contributed by atoms with Crippen LogP contribution in [0.25, 0.3) is 0 Å². The molecule has 1 saturated heterocycles. The molecule has 132 valence electrons. The van der Waals surface area contributed by atoms with E-state index in [2.05, 4.69) is 0 Å². The van der Waals surface area contributed by atoms with Crippen molar-refractivity contribution in [2.24, 2.45) is 0 Å². The van der Waals surface area contributed by atoms with Gasteiger partial charge in [0, 0.05) is 6.54 Å². The fraction of sp³-hybridized carbons (Fsp3) is 0.562.